The van der Waals surface area contributed by atoms with E-state index in [1.807, 2.05) is 0 Å². The summed E-state index contributed by atoms with van der Waals surface area (Å²) in [5.41, 5.74) is -0.411. The fraction of sp³-hybridized carbons (Fsp3) is 0.300. The first-order valence-corrected chi connectivity index (χ1v) is 9.63. The molecule has 1 atom stereocenters. The third-order valence-corrected chi connectivity index (χ3v) is 4.67. The largest absolute Gasteiger partial charge is 0.433 e. The molecule has 3 aromatic heterocycles. The van der Waals surface area contributed by atoms with Crippen molar-refractivity contribution in [2.75, 3.05) is 25.1 Å². The molecular formula is C20H18F4N6O2. The number of aromatic nitrogens is 4. The van der Waals surface area contributed by atoms with Crippen LogP contribution >= 0.6 is 0 Å². The molecule has 2 N–H and O–H groups in total. The first kappa shape index (κ1) is 21.8. The van der Waals surface area contributed by atoms with Crippen molar-refractivity contribution in [2.45, 2.75) is 18.6 Å². The van der Waals surface area contributed by atoms with Gasteiger partial charge in [-0.25, -0.2) is 19.3 Å². The van der Waals surface area contributed by atoms with Gasteiger partial charge in [-0.1, -0.05) is 6.07 Å². The average molecular weight is 450 g/mol. The van der Waals surface area contributed by atoms with Gasteiger partial charge in [0.2, 0.25) is 5.91 Å². The number of ether oxygens (including phenoxy) is 1. The number of anilines is 1. The van der Waals surface area contributed by atoms with E-state index in [1.54, 1.807) is 6.20 Å². The second-order valence-electron chi connectivity index (χ2n) is 7.05. The van der Waals surface area contributed by atoms with Crippen molar-refractivity contribution in [1.82, 2.24) is 24.8 Å². The van der Waals surface area contributed by atoms with Gasteiger partial charge in [-0.3, -0.25) is 9.36 Å². The molecule has 1 saturated heterocycles. The van der Waals surface area contributed by atoms with Crippen LogP contribution in [0, 0.1) is 5.82 Å². The van der Waals surface area contributed by atoms with E-state index in [2.05, 4.69) is 25.6 Å². The van der Waals surface area contributed by atoms with Gasteiger partial charge in [-0.2, -0.15) is 13.2 Å². The van der Waals surface area contributed by atoms with Crippen LogP contribution in [0.3, 0.4) is 0 Å². The van der Waals surface area contributed by atoms with Crippen LogP contribution in [0.5, 0.6) is 0 Å². The molecule has 0 aliphatic carbocycles. The molecule has 1 fully saturated rings. The number of alkyl halides is 3. The molecule has 1 aliphatic heterocycles. The van der Waals surface area contributed by atoms with Crippen molar-refractivity contribution < 1.29 is 27.1 Å². The number of hydrogen-bond donors (Lipinski definition) is 2. The summed E-state index contributed by atoms with van der Waals surface area (Å²) in [6.45, 7) is 1.76. The van der Waals surface area contributed by atoms with Gasteiger partial charge in [-0.05, 0) is 12.1 Å². The molecule has 0 saturated carbocycles. The van der Waals surface area contributed by atoms with Crippen molar-refractivity contribution in [3.8, 4) is 5.82 Å². The Hall–Kier alpha value is -3.38. The quantitative estimate of drug-likeness (QED) is 0.581. The summed E-state index contributed by atoms with van der Waals surface area (Å²) in [6, 6.07) is 4.26. The molecule has 4 rings (SSSR count). The van der Waals surface area contributed by atoms with Gasteiger partial charge in [-0.15, -0.1) is 0 Å². The molecule has 1 unspecified atom stereocenters. The second kappa shape index (κ2) is 9.01. The smallest absolute Gasteiger partial charge is 0.378 e. The van der Waals surface area contributed by atoms with Crippen LogP contribution in [0.15, 0.2) is 43.0 Å². The second-order valence-corrected chi connectivity index (χ2v) is 7.05. The SMILES string of the molecule is O=C(Cc1cccc(C(F)(F)F)n1)Nc1cnc(-n2cnc(C3COCCN3)c2)c(F)c1. The highest BCUT2D eigenvalue weighted by atomic mass is 19.4. The Balaban J connectivity index is 1.42. The lowest BCUT2D eigenvalue weighted by molar-refractivity contribution is -0.141. The molecule has 32 heavy (non-hydrogen) atoms. The molecule has 4 heterocycles. The number of halogens is 4. The summed E-state index contributed by atoms with van der Waals surface area (Å²) in [5.74, 6) is -1.38. The molecule has 3 aromatic rings. The lowest BCUT2D eigenvalue weighted by Crippen LogP contribution is -2.34. The number of morpholine rings is 1. The predicted molar refractivity (Wildman–Crippen MR) is 104 cm³/mol. The van der Waals surface area contributed by atoms with E-state index < -0.39 is 30.0 Å². The third kappa shape index (κ3) is 5.08. The zero-order valence-electron chi connectivity index (χ0n) is 16.6. The van der Waals surface area contributed by atoms with Crippen molar-refractivity contribution in [3.63, 3.8) is 0 Å². The predicted octanol–water partition coefficient (Wildman–Crippen LogP) is 2.66. The van der Waals surface area contributed by atoms with Crippen molar-refractivity contribution in [1.29, 1.82) is 0 Å². The van der Waals surface area contributed by atoms with E-state index in [0.717, 1.165) is 12.1 Å². The van der Waals surface area contributed by atoms with Gasteiger partial charge >= 0.3 is 6.18 Å². The van der Waals surface area contributed by atoms with E-state index >= 15 is 0 Å². The zero-order valence-corrected chi connectivity index (χ0v) is 16.6. The van der Waals surface area contributed by atoms with Crippen LogP contribution in [0.25, 0.3) is 5.82 Å². The summed E-state index contributed by atoms with van der Waals surface area (Å²) in [4.78, 5) is 23.9. The van der Waals surface area contributed by atoms with Crippen LogP contribution < -0.4 is 10.6 Å². The first-order valence-electron chi connectivity index (χ1n) is 9.63. The Morgan fingerprint density at radius 2 is 2.16 bits per heavy atom. The maximum absolute atomic E-state index is 14.6. The van der Waals surface area contributed by atoms with Gasteiger partial charge in [0.15, 0.2) is 11.6 Å². The number of pyridine rings is 2. The molecule has 12 heteroatoms. The molecule has 8 nitrogen and oxygen atoms in total. The lowest BCUT2D eigenvalue weighted by Gasteiger charge is -2.21. The van der Waals surface area contributed by atoms with E-state index in [0.29, 0.717) is 25.5 Å². The molecule has 0 radical (unpaired) electrons. The minimum Gasteiger partial charge on any atom is -0.378 e. The number of amides is 1. The fourth-order valence-corrected chi connectivity index (χ4v) is 3.18. The number of carbonyl (C=O) groups excluding carboxylic acids is 1. The zero-order chi connectivity index (χ0) is 22.7. The molecule has 0 bridgehead atoms. The fourth-order valence-electron chi connectivity index (χ4n) is 3.18. The summed E-state index contributed by atoms with van der Waals surface area (Å²) in [6.07, 6.45) is -0.710. The topological polar surface area (TPSA) is 94.0 Å². The Labute approximate surface area is 179 Å². The van der Waals surface area contributed by atoms with Crippen LogP contribution in [0.1, 0.15) is 23.1 Å². The Morgan fingerprint density at radius 1 is 1.31 bits per heavy atom. The Kier molecular flexibility index (Phi) is 6.15. The van der Waals surface area contributed by atoms with Gasteiger partial charge in [0.1, 0.15) is 12.0 Å². The van der Waals surface area contributed by atoms with Gasteiger partial charge < -0.3 is 15.4 Å². The number of rotatable bonds is 5. The summed E-state index contributed by atoms with van der Waals surface area (Å²) in [5, 5.41) is 5.66. The first-order chi connectivity index (χ1) is 15.3. The maximum atomic E-state index is 14.6. The van der Waals surface area contributed by atoms with E-state index in [9.17, 15) is 22.4 Å². The minimum atomic E-state index is -4.61. The summed E-state index contributed by atoms with van der Waals surface area (Å²) in [7, 11) is 0. The van der Waals surface area contributed by atoms with Gasteiger partial charge in [0.05, 0.1) is 48.9 Å². The molecule has 1 aliphatic rings. The minimum absolute atomic E-state index is 0.0157. The van der Waals surface area contributed by atoms with Crippen molar-refractivity contribution >= 4 is 11.6 Å². The number of hydrogen-bond acceptors (Lipinski definition) is 6. The highest BCUT2D eigenvalue weighted by Gasteiger charge is 2.32. The number of nitrogens with one attached hydrogen (secondary N) is 2. The maximum Gasteiger partial charge on any atom is 0.433 e. The molecule has 0 aromatic carbocycles. The van der Waals surface area contributed by atoms with Crippen LogP contribution in [-0.4, -0.2) is 45.2 Å². The van der Waals surface area contributed by atoms with Crippen LogP contribution in [0.2, 0.25) is 0 Å². The normalized spacial score (nSPS) is 16.7. The van der Waals surface area contributed by atoms with Crippen molar-refractivity contribution in [2.24, 2.45) is 0 Å². The molecular weight excluding hydrogens is 432 g/mol. The van der Waals surface area contributed by atoms with Gasteiger partial charge in [0, 0.05) is 18.8 Å². The Bertz CT molecular complexity index is 1110. The monoisotopic (exact) mass is 450 g/mol. The molecule has 168 valence electrons. The van der Waals surface area contributed by atoms with Crippen molar-refractivity contribution in [3.05, 3.63) is 65.9 Å². The van der Waals surface area contributed by atoms with Crippen LogP contribution in [0.4, 0.5) is 23.2 Å². The number of carbonyl (C=O) groups is 1. The van der Waals surface area contributed by atoms with E-state index in [-0.39, 0.29) is 23.2 Å². The van der Waals surface area contributed by atoms with Crippen LogP contribution in [-0.2, 0) is 22.1 Å². The standard InChI is InChI=1S/C20H18F4N6O2/c21-14-6-13(29-18(31)7-12-2-1-3-17(28-12)20(22,23)24)8-26-19(14)30-9-15(27-11-30)16-10-32-5-4-25-16/h1-3,6,8-9,11,16,25H,4-5,7,10H2,(H,29,31). The van der Waals surface area contributed by atoms with E-state index in [4.69, 9.17) is 4.74 Å². The highest BCUT2D eigenvalue weighted by molar-refractivity contribution is 5.91. The third-order valence-electron chi connectivity index (χ3n) is 4.67. The highest BCUT2D eigenvalue weighted by Crippen LogP contribution is 2.27. The number of imidazole rings is 1. The average Bonchev–Trinajstić information content (AvgIpc) is 3.24. The number of nitrogens with zero attached hydrogens (tertiary/aromatic N) is 4. The summed E-state index contributed by atoms with van der Waals surface area (Å²) < 4.78 is 59.7. The summed E-state index contributed by atoms with van der Waals surface area (Å²) >= 11 is 0. The van der Waals surface area contributed by atoms with E-state index in [1.165, 1.54) is 29.2 Å². The molecule has 1 amide bonds. The molecule has 0 spiro atoms. The Morgan fingerprint density at radius 3 is 2.88 bits per heavy atom. The van der Waals surface area contributed by atoms with Gasteiger partial charge in [0.25, 0.3) is 0 Å². The lowest BCUT2D eigenvalue weighted by atomic mass is 10.2.